The number of hydrogen-bond donors (Lipinski definition) is 0. The molecule has 1 aliphatic heterocycles. The Morgan fingerprint density at radius 1 is 0.963 bits per heavy atom. The zero-order valence-electron chi connectivity index (χ0n) is 15.1. The molecule has 0 aliphatic carbocycles. The number of rotatable bonds is 4. The number of piperazine rings is 1. The van der Waals surface area contributed by atoms with Crippen LogP contribution in [0, 0.1) is 5.82 Å². The lowest BCUT2D eigenvalue weighted by molar-refractivity contribution is -0.127. The molecule has 1 aliphatic rings. The monoisotopic (exact) mass is 368 g/mol. The molecule has 3 rings (SSSR count). The van der Waals surface area contributed by atoms with Gasteiger partial charge in [0, 0.05) is 43.4 Å². The fourth-order valence-electron chi connectivity index (χ4n) is 2.92. The number of ether oxygens (including phenoxy) is 1. The molecule has 2 aromatic carbocycles. The molecule has 1 fully saturated rings. The van der Waals surface area contributed by atoms with Crippen molar-refractivity contribution in [1.29, 1.82) is 0 Å². The van der Waals surface area contributed by atoms with E-state index in [0.717, 1.165) is 0 Å². The zero-order valence-corrected chi connectivity index (χ0v) is 15.1. The molecule has 5 nitrogen and oxygen atoms in total. The van der Waals surface area contributed by atoms with Gasteiger partial charge in [0.15, 0.2) is 0 Å². The van der Waals surface area contributed by atoms with Crippen LogP contribution in [0.1, 0.15) is 15.9 Å². The normalized spacial score (nSPS) is 14.4. The fourth-order valence-corrected chi connectivity index (χ4v) is 2.92. The zero-order chi connectivity index (χ0) is 19.2. The molecule has 0 bridgehead atoms. The highest BCUT2D eigenvalue weighted by molar-refractivity contribution is 5.95. The van der Waals surface area contributed by atoms with Crippen molar-refractivity contribution in [3.05, 3.63) is 71.6 Å². The van der Waals surface area contributed by atoms with Crippen LogP contribution in [0.25, 0.3) is 6.08 Å². The first-order valence-corrected chi connectivity index (χ1v) is 8.73. The van der Waals surface area contributed by atoms with Crippen LogP contribution in [-0.4, -0.2) is 54.9 Å². The second kappa shape index (κ2) is 8.49. The molecule has 0 unspecified atom stereocenters. The summed E-state index contributed by atoms with van der Waals surface area (Å²) in [4.78, 5) is 28.2. The third-order valence-corrected chi connectivity index (χ3v) is 4.53. The second-order valence-corrected chi connectivity index (χ2v) is 6.20. The molecule has 0 aromatic heterocycles. The average molecular weight is 368 g/mol. The molecular formula is C21H21FN2O3. The van der Waals surface area contributed by atoms with Gasteiger partial charge in [0.2, 0.25) is 5.91 Å². The molecule has 2 aromatic rings. The Morgan fingerprint density at radius 3 is 2.22 bits per heavy atom. The van der Waals surface area contributed by atoms with Gasteiger partial charge in [0.05, 0.1) is 7.11 Å². The van der Waals surface area contributed by atoms with E-state index in [0.29, 0.717) is 43.1 Å². The summed E-state index contributed by atoms with van der Waals surface area (Å²) in [6, 6.07) is 13.3. The number of hydrogen-bond acceptors (Lipinski definition) is 3. The van der Waals surface area contributed by atoms with E-state index < -0.39 is 0 Å². The maximum Gasteiger partial charge on any atom is 0.253 e. The summed E-state index contributed by atoms with van der Waals surface area (Å²) in [5.41, 5.74) is 0.967. The molecule has 27 heavy (non-hydrogen) atoms. The minimum atomic E-state index is -0.364. The predicted molar refractivity (Wildman–Crippen MR) is 101 cm³/mol. The van der Waals surface area contributed by atoms with Gasteiger partial charge in [-0.15, -0.1) is 0 Å². The Hall–Kier alpha value is -3.15. The van der Waals surface area contributed by atoms with Crippen LogP contribution >= 0.6 is 0 Å². The van der Waals surface area contributed by atoms with Crippen LogP contribution in [0.3, 0.4) is 0 Å². The number of carbonyl (C=O) groups excluding carboxylic acids is 2. The van der Waals surface area contributed by atoms with Gasteiger partial charge >= 0.3 is 0 Å². The summed E-state index contributed by atoms with van der Waals surface area (Å²) in [6.07, 6.45) is 2.85. The highest BCUT2D eigenvalue weighted by atomic mass is 19.1. The van der Waals surface area contributed by atoms with Crippen LogP contribution in [-0.2, 0) is 4.79 Å². The van der Waals surface area contributed by atoms with Crippen molar-refractivity contribution < 1.29 is 18.7 Å². The van der Waals surface area contributed by atoms with Crippen molar-refractivity contribution in [3.63, 3.8) is 0 Å². The van der Waals surface area contributed by atoms with Crippen molar-refractivity contribution >= 4 is 17.9 Å². The Kier molecular flexibility index (Phi) is 5.86. The third kappa shape index (κ3) is 4.53. The van der Waals surface area contributed by atoms with Crippen LogP contribution in [0.5, 0.6) is 5.75 Å². The van der Waals surface area contributed by atoms with E-state index in [4.69, 9.17) is 4.74 Å². The molecule has 1 heterocycles. The Morgan fingerprint density at radius 2 is 1.59 bits per heavy atom. The molecule has 0 spiro atoms. The molecule has 6 heteroatoms. The van der Waals surface area contributed by atoms with Crippen molar-refractivity contribution in [2.45, 2.75) is 0 Å². The number of halogens is 1. The summed E-state index contributed by atoms with van der Waals surface area (Å²) in [5, 5.41) is 0. The molecule has 0 saturated carbocycles. The fraction of sp³-hybridized carbons (Fsp3) is 0.238. The summed E-state index contributed by atoms with van der Waals surface area (Å²) in [6.45, 7) is 1.82. The number of methoxy groups -OCH3 is 1. The van der Waals surface area contributed by atoms with E-state index >= 15 is 0 Å². The summed E-state index contributed by atoms with van der Waals surface area (Å²) < 4.78 is 18.7. The molecule has 140 valence electrons. The van der Waals surface area contributed by atoms with E-state index in [9.17, 15) is 14.0 Å². The molecule has 1 saturated heterocycles. The van der Waals surface area contributed by atoms with Gasteiger partial charge in [-0.1, -0.05) is 18.2 Å². The highest BCUT2D eigenvalue weighted by Crippen LogP contribution is 2.15. The van der Waals surface area contributed by atoms with Gasteiger partial charge in [-0.05, 0) is 36.4 Å². The van der Waals surface area contributed by atoms with Crippen LogP contribution < -0.4 is 4.74 Å². The molecule has 0 N–H and O–H groups in total. The van der Waals surface area contributed by atoms with Gasteiger partial charge < -0.3 is 14.5 Å². The minimum Gasteiger partial charge on any atom is -0.497 e. The third-order valence-electron chi connectivity index (χ3n) is 4.53. The van der Waals surface area contributed by atoms with E-state index in [2.05, 4.69) is 0 Å². The first-order chi connectivity index (χ1) is 13.1. The van der Waals surface area contributed by atoms with Crippen LogP contribution in [0.4, 0.5) is 4.39 Å². The number of carbonyl (C=O) groups is 2. The SMILES string of the molecule is COc1ccc(C(=O)N2CCN(C(=O)/C=C/c3ccccc3F)CC2)cc1. The summed E-state index contributed by atoms with van der Waals surface area (Å²) >= 11 is 0. The van der Waals surface area contributed by atoms with Crippen molar-refractivity contribution in [2.75, 3.05) is 33.3 Å². The van der Waals surface area contributed by atoms with E-state index in [1.807, 2.05) is 0 Å². The first-order valence-electron chi connectivity index (χ1n) is 8.73. The summed E-state index contributed by atoms with van der Waals surface area (Å²) in [7, 11) is 1.58. The van der Waals surface area contributed by atoms with E-state index in [1.165, 1.54) is 18.2 Å². The smallest absolute Gasteiger partial charge is 0.253 e. The van der Waals surface area contributed by atoms with E-state index in [-0.39, 0.29) is 17.6 Å². The van der Waals surface area contributed by atoms with Crippen molar-refractivity contribution in [3.8, 4) is 5.75 Å². The number of benzene rings is 2. The largest absolute Gasteiger partial charge is 0.497 e. The molecular weight excluding hydrogens is 347 g/mol. The second-order valence-electron chi connectivity index (χ2n) is 6.20. The van der Waals surface area contributed by atoms with E-state index in [1.54, 1.807) is 59.4 Å². The van der Waals surface area contributed by atoms with Gasteiger partial charge in [-0.25, -0.2) is 4.39 Å². The van der Waals surface area contributed by atoms with Crippen LogP contribution in [0.15, 0.2) is 54.6 Å². The van der Waals surface area contributed by atoms with Crippen molar-refractivity contribution in [2.24, 2.45) is 0 Å². The lowest BCUT2D eigenvalue weighted by atomic mass is 10.1. The van der Waals surface area contributed by atoms with Gasteiger partial charge in [-0.3, -0.25) is 9.59 Å². The topological polar surface area (TPSA) is 49.9 Å². The first kappa shape index (κ1) is 18.6. The maximum absolute atomic E-state index is 13.6. The summed E-state index contributed by atoms with van der Waals surface area (Å²) in [5.74, 6) is 0.0847. The van der Waals surface area contributed by atoms with Gasteiger partial charge in [0.25, 0.3) is 5.91 Å². The Bertz CT molecular complexity index is 841. The molecule has 2 amide bonds. The Labute approximate surface area is 157 Å². The van der Waals surface area contributed by atoms with Crippen molar-refractivity contribution in [1.82, 2.24) is 9.80 Å². The number of amides is 2. The minimum absolute atomic E-state index is 0.0633. The quantitative estimate of drug-likeness (QED) is 0.780. The predicted octanol–water partition coefficient (Wildman–Crippen LogP) is 2.83. The average Bonchev–Trinajstić information content (AvgIpc) is 2.72. The number of nitrogens with zero attached hydrogens (tertiary/aromatic N) is 2. The maximum atomic E-state index is 13.6. The molecule has 0 radical (unpaired) electrons. The van der Waals surface area contributed by atoms with Gasteiger partial charge in [0.1, 0.15) is 11.6 Å². The molecule has 0 atom stereocenters. The Balaban J connectivity index is 1.55. The highest BCUT2D eigenvalue weighted by Gasteiger charge is 2.23. The van der Waals surface area contributed by atoms with Crippen LogP contribution in [0.2, 0.25) is 0 Å². The lowest BCUT2D eigenvalue weighted by Gasteiger charge is -2.34. The standard InChI is InChI=1S/C21H21FN2O3/c1-27-18-9-6-17(7-10-18)21(26)24-14-12-23(13-15-24)20(25)11-8-16-4-2-3-5-19(16)22/h2-11H,12-15H2,1H3/b11-8+. The lowest BCUT2D eigenvalue weighted by Crippen LogP contribution is -2.50. The van der Waals surface area contributed by atoms with Gasteiger partial charge in [-0.2, -0.15) is 0 Å².